The molecule has 0 spiro atoms. The van der Waals surface area contributed by atoms with Gasteiger partial charge in [-0.05, 0) is 18.1 Å². The van der Waals surface area contributed by atoms with E-state index in [0.29, 0.717) is 6.54 Å². The van der Waals surface area contributed by atoms with E-state index < -0.39 is 19.2 Å². The van der Waals surface area contributed by atoms with Crippen LogP contribution in [-0.2, 0) is 22.5 Å². The lowest BCUT2D eigenvalue weighted by Gasteiger charge is -2.20. The van der Waals surface area contributed by atoms with Crippen LogP contribution in [0.4, 0.5) is 4.79 Å². The van der Waals surface area contributed by atoms with Crippen molar-refractivity contribution in [3.63, 3.8) is 0 Å². The molecule has 0 bridgehead atoms. The molecule has 0 saturated heterocycles. The third-order valence-electron chi connectivity index (χ3n) is 3.65. The summed E-state index contributed by atoms with van der Waals surface area (Å²) in [5.41, 5.74) is 1.87. The molecule has 0 fully saturated rings. The Bertz CT molecular complexity index is 710. The summed E-state index contributed by atoms with van der Waals surface area (Å²) in [7, 11) is -3.59. The van der Waals surface area contributed by atoms with Crippen molar-refractivity contribution in [2.45, 2.75) is 25.9 Å². The molecule has 0 aliphatic rings. The normalized spacial score (nSPS) is 14.3. The van der Waals surface area contributed by atoms with E-state index in [0.717, 1.165) is 11.1 Å². The summed E-state index contributed by atoms with van der Waals surface area (Å²) in [5.74, 6) is -0.904. The van der Waals surface area contributed by atoms with Crippen molar-refractivity contribution in [1.82, 2.24) is 10.6 Å². The second-order valence-electron chi connectivity index (χ2n) is 5.71. The molecule has 0 aliphatic carbocycles. The highest BCUT2D eigenvalue weighted by molar-refractivity contribution is 7.58. The minimum absolute atomic E-state index is 0.0952. The molecule has 7 heteroatoms. The van der Waals surface area contributed by atoms with Crippen molar-refractivity contribution < 1.29 is 19.0 Å². The van der Waals surface area contributed by atoms with Crippen LogP contribution >= 0.6 is 7.37 Å². The van der Waals surface area contributed by atoms with Crippen molar-refractivity contribution in [3.8, 4) is 0 Å². The van der Waals surface area contributed by atoms with Crippen molar-refractivity contribution in [3.05, 3.63) is 71.8 Å². The van der Waals surface area contributed by atoms with E-state index in [4.69, 9.17) is 4.74 Å². The van der Waals surface area contributed by atoms with Crippen molar-refractivity contribution in [2.75, 3.05) is 6.29 Å². The van der Waals surface area contributed by atoms with Gasteiger partial charge in [0.1, 0.15) is 12.4 Å². The van der Waals surface area contributed by atoms with Crippen LogP contribution in [0.1, 0.15) is 18.1 Å². The lowest BCUT2D eigenvalue weighted by atomic mass is 10.2. The third-order valence-corrected chi connectivity index (χ3v) is 5.67. The van der Waals surface area contributed by atoms with E-state index in [1.807, 2.05) is 60.7 Å². The molecule has 2 rings (SSSR count). The minimum Gasteiger partial charge on any atom is -0.445 e. The van der Waals surface area contributed by atoms with Gasteiger partial charge in [-0.3, -0.25) is 4.57 Å². The summed E-state index contributed by atoms with van der Waals surface area (Å²) >= 11 is 0. The summed E-state index contributed by atoms with van der Waals surface area (Å²) in [5, 5.41) is 5.37. The molecule has 134 valence electrons. The first-order valence-electron chi connectivity index (χ1n) is 8.01. The fraction of sp³-hybridized carbons (Fsp3) is 0.278. The Balaban J connectivity index is 1.74. The number of alkyl carbamates (subject to hydrolysis) is 1. The van der Waals surface area contributed by atoms with Crippen molar-refractivity contribution in [1.29, 1.82) is 0 Å². The van der Waals surface area contributed by atoms with Gasteiger partial charge >= 0.3 is 6.09 Å². The predicted octanol–water partition coefficient (Wildman–Crippen LogP) is 3.28. The van der Waals surface area contributed by atoms with Gasteiger partial charge in [-0.15, -0.1) is 0 Å². The van der Waals surface area contributed by atoms with Crippen LogP contribution in [0.2, 0.25) is 0 Å². The van der Waals surface area contributed by atoms with Gasteiger partial charge in [0, 0.05) is 6.54 Å². The monoisotopic (exact) mass is 362 g/mol. The van der Waals surface area contributed by atoms with E-state index >= 15 is 0 Å². The van der Waals surface area contributed by atoms with Crippen LogP contribution < -0.4 is 10.6 Å². The number of ether oxygens (including phenoxy) is 1. The molecule has 0 aliphatic heterocycles. The highest BCUT2D eigenvalue weighted by Crippen LogP contribution is 2.43. The molecule has 3 N–H and O–H groups in total. The lowest BCUT2D eigenvalue weighted by Crippen LogP contribution is -2.35. The summed E-state index contributed by atoms with van der Waals surface area (Å²) in [6.07, 6.45) is -0.809. The Morgan fingerprint density at radius 1 is 1.08 bits per heavy atom. The molecular weight excluding hydrogens is 339 g/mol. The van der Waals surface area contributed by atoms with Gasteiger partial charge in [-0.25, -0.2) is 4.79 Å². The van der Waals surface area contributed by atoms with Crippen molar-refractivity contribution in [2.24, 2.45) is 0 Å². The van der Waals surface area contributed by atoms with E-state index in [1.165, 1.54) is 6.92 Å². The van der Waals surface area contributed by atoms with Gasteiger partial charge in [0.05, 0.1) is 6.29 Å². The minimum atomic E-state index is -3.59. The quantitative estimate of drug-likeness (QED) is 0.627. The van der Waals surface area contributed by atoms with E-state index in [1.54, 1.807) is 0 Å². The Hall–Kier alpha value is -2.14. The van der Waals surface area contributed by atoms with Crippen LogP contribution in [0.15, 0.2) is 60.7 Å². The zero-order chi connectivity index (χ0) is 18.1. The van der Waals surface area contributed by atoms with Crippen molar-refractivity contribution >= 4 is 13.5 Å². The maximum atomic E-state index is 12.3. The maximum absolute atomic E-state index is 12.3. The molecule has 6 nitrogen and oxygen atoms in total. The number of carbonyl (C=O) groups is 1. The lowest BCUT2D eigenvalue weighted by molar-refractivity contribution is 0.138. The second-order valence-corrected chi connectivity index (χ2v) is 8.31. The Kier molecular flexibility index (Phi) is 7.19. The van der Waals surface area contributed by atoms with E-state index in [-0.39, 0.29) is 12.9 Å². The Morgan fingerprint density at radius 3 is 2.24 bits per heavy atom. The molecule has 1 amide bonds. The fourth-order valence-electron chi connectivity index (χ4n) is 2.13. The third kappa shape index (κ3) is 6.70. The van der Waals surface area contributed by atoms with Crippen LogP contribution in [0.5, 0.6) is 0 Å². The van der Waals surface area contributed by atoms with Gasteiger partial charge < -0.3 is 20.3 Å². The highest BCUT2D eigenvalue weighted by Gasteiger charge is 2.28. The number of benzene rings is 2. The molecule has 2 aromatic rings. The molecule has 0 saturated carbocycles. The standard InChI is InChI=1S/C18H23N2O4P/c1-15(20-18(21)24-13-17-10-6-3-7-11-17)25(22,23)14-19-12-16-8-4-2-5-9-16/h2-11,15,19H,12-14H2,1H3,(H,20,21)(H,22,23). The predicted molar refractivity (Wildman–Crippen MR) is 97.2 cm³/mol. The van der Waals surface area contributed by atoms with Crippen LogP contribution in [0.3, 0.4) is 0 Å². The SMILES string of the molecule is CC(NC(=O)OCc1ccccc1)P(=O)(O)CNCc1ccccc1. The first-order chi connectivity index (χ1) is 12.0. The van der Waals surface area contributed by atoms with E-state index in [2.05, 4.69) is 10.6 Å². The van der Waals surface area contributed by atoms with Crippen LogP contribution in [0, 0.1) is 0 Å². The average Bonchev–Trinajstić information content (AvgIpc) is 2.61. The number of hydrogen-bond acceptors (Lipinski definition) is 4. The average molecular weight is 362 g/mol. The number of carbonyl (C=O) groups excluding carboxylic acids is 1. The molecule has 2 atom stereocenters. The zero-order valence-corrected chi connectivity index (χ0v) is 15.0. The topological polar surface area (TPSA) is 87.7 Å². The summed E-state index contributed by atoms with van der Waals surface area (Å²) in [4.78, 5) is 21.9. The number of hydrogen-bond donors (Lipinski definition) is 3. The molecule has 2 aromatic carbocycles. The van der Waals surface area contributed by atoms with Crippen LogP contribution in [-0.4, -0.2) is 23.1 Å². The zero-order valence-electron chi connectivity index (χ0n) is 14.1. The summed E-state index contributed by atoms with van der Waals surface area (Å²) < 4.78 is 17.4. The van der Waals surface area contributed by atoms with Gasteiger partial charge in [0.15, 0.2) is 0 Å². The number of amides is 1. The molecular formula is C18H23N2O4P. The Morgan fingerprint density at radius 2 is 1.64 bits per heavy atom. The van der Waals surface area contributed by atoms with Gasteiger partial charge in [0.2, 0.25) is 7.37 Å². The summed E-state index contributed by atoms with van der Waals surface area (Å²) in [6, 6.07) is 18.8. The molecule has 0 heterocycles. The largest absolute Gasteiger partial charge is 0.445 e. The first kappa shape index (κ1) is 19.2. The maximum Gasteiger partial charge on any atom is 0.408 e. The number of rotatable bonds is 8. The second kappa shape index (κ2) is 9.37. The molecule has 0 radical (unpaired) electrons. The van der Waals surface area contributed by atoms with Gasteiger partial charge in [-0.2, -0.15) is 0 Å². The smallest absolute Gasteiger partial charge is 0.408 e. The molecule has 0 aromatic heterocycles. The molecule has 25 heavy (non-hydrogen) atoms. The van der Waals surface area contributed by atoms with Gasteiger partial charge in [0.25, 0.3) is 0 Å². The van der Waals surface area contributed by atoms with Gasteiger partial charge in [-0.1, -0.05) is 60.7 Å². The molecule has 2 unspecified atom stereocenters. The fourth-order valence-corrected chi connectivity index (χ4v) is 3.14. The highest BCUT2D eigenvalue weighted by atomic mass is 31.2. The Labute approximate surface area is 147 Å². The number of nitrogens with one attached hydrogen (secondary N) is 2. The van der Waals surface area contributed by atoms with E-state index in [9.17, 15) is 14.3 Å². The van der Waals surface area contributed by atoms with Crippen LogP contribution in [0.25, 0.3) is 0 Å². The summed E-state index contributed by atoms with van der Waals surface area (Å²) in [6.45, 7) is 2.09. The first-order valence-corrected chi connectivity index (χ1v) is 9.92.